The molecule has 88 valence electrons. The molecular formula is C11H11N3O2S. The minimum absolute atomic E-state index is 0.180. The molecule has 5 nitrogen and oxygen atoms in total. The molecule has 2 aromatic rings. The normalized spacial score (nSPS) is 10.4. The minimum Gasteiger partial charge on any atom is -0.307 e. The second-order valence-electron chi connectivity index (χ2n) is 3.47. The predicted octanol–water partition coefficient (Wildman–Crippen LogP) is 2.34. The summed E-state index contributed by atoms with van der Waals surface area (Å²) in [4.78, 5) is 14.3. The Morgan fingerprint density at radius 3 is 2.94 bits per heavy atom. The van der Waals surface area contributed by atoms with E-state index in [1.165, 1.54) is 0 Å². The molecule has 0 atom stereocenters. The first-order valence-electron chi connectivity index (χ1n) is 5.08. The first-order valence-corrected chi connectivity index (χ1v) is 5.96. The van der Waals surface area contributed by atoms with Crippen molar-refractivity contribution in [2.75, 3.05) is 0 Å². The average molecular weight is 249 g/mol. The molecule has 0 bridgehead atoms. The van der Waals surface area contributed by atoms with E-state index in [9.17, 15) is 10.1 Å². The Balaban J connectivity index is 1.84. The number of hydrogen-bond acceptors (Lipinski definition) is 5. The molecule has 0 aliphatic carbocycles. The zero-order chi connectivity index (χ0) is 12.1. The summed E-state index contributed by atoms with van der Waals surface area (Å²) in [5.41, 5.74) is 1.88. The second-order valence-corrected chi connectivity index (χ2v) is 4.36. The number of nitrogens with one attached hydrogen (secondary N) is 1. The molecule has 1 N–H and O–H groups in total. The van der Waals surface area contributed by atoms with Crippen LogP contribution in [0.15, 0.2) is 35.8 Å². The highest BCUT2D eigenvalue weighted by atomic mass is 32.1. The molecule has 2 heterocycles. The first kappa shape index (κ1) is 11.7. The van der Waals surface area contributed by atoms with Crippen molar-refractivity contribution in [1.82, 2.24) is 10.3 Å². The van der Waals surface area contributed by atoms with E-state index in [2.05, 4.69) is 10.3 Å². The van der Waals surface area contributed by atoms with Crippen molar-refractivity contribution in [3.63, 3.8) is 0 Å². The smallest absolute Gasteiger partial charge is 0.307 e. The van der Waals surface area contributed by atoms with Gasteiger partial charge in [-0.05, 0) is 17.7 Å². The predicted molar refractivity (Wildman–Crippen MR) is 65.8 cm³/mol. The topological polar surface area (TPSA) is 68.1 Å². The number of pyridine rings is 1. The van der Waals surface area contributed by atoms with Gasteiger partial charge in [0.2, 0.25) is 0 Å². The molecular weight excluding hydrogens is 238 g/mol. The van der Waals surface area contributed by atoms with Crippen LogP contribution >= 0.6 is 11.3 Å². The zero-order valence-electron chi connectivity index (χ0n) is 9.00. The van der Waals surface area contributed by atoms with Crippen LogP contribution < -0.4 is 5.32 Å². The summed E-state index contributed by atoms with van der Waals surface area (Å²) < 4.78 is 0. The van der Waals surface area contributed by atoms with Gasteiger partial charge in [-0.3, -0.25) is 15.1 Å². The maximum absolute atomic E-state index is 10.5. The Hall–Kier alpha value is -1.79. The number of rotatable bonds is 5. The van der Waals surface area contributed by atoms with Gasteiger partial charge in [-0.25, -0.2) is 0 Å². The van der Waals surface area contributed by atoms with Crippen LogP contribution in [0.4, 0.5) is 5.00 Å². The molecule has 0 unspecified atom stereocenters. The number of thiophene rings is 1. The molecule has 0 aliphatic rings. The molecule has 2 aromatic heterocycles. The van der Waals surface area contributed by atoms with E-state index < -0.39 is 0 Å². The van der Waals surface area contributed by atoms with Gasteiger partial charge in [0.25, 0.3) is 0 Å². The average Bonchev–Trinajstić information content (AvgIpc) is 2.79. The van der Waals surface area contributed by atoms with Crippen molar-refractivity contribution in [1.29, 1.82) is 0 Å². The van der Waals surface area contributed by atoms with Crippen molar-refractivity contribution in [3.05, 3.63) is 57.2 Å². The van der Waals surface area contributed by atoms with E-state index in [1.807, 2.05) is 18.2 Å². The van der Waals surface area contributed by atoms with Gasteiger partial charge in [-0.1, -0.05) is 17.4 Å². The van der Waals surface area contributed by atoms with Gasteiger partial charge in [0, 0.05) is 30.7 Å². The zero-order valence-corrected chi connectivity index (χ0v) is 9.81. The number of nitro groups is 1. The molecule has 0 aromatic carbocycles. The van der Waals surface area contributed by atoms with Gasteiger partial charge in [-0.15, -0.1) is 0 Å². The molecule has 0 fully saturated rings. The second kappa shape index (κ2) is 5.51. The highest BCUT2D eigenvalue weighted by Crippen LogP contribution is 2.22. The number of nitrogens with zero attached hydrogens (tertiary/aromatic N) is 2. The molecule has 0 spiro atoms. The van der Waals surface area contributed by atoms with E-state index in [4.69, 9.17) is 0 Å². The fourth-order valence-electron chi connectivity index (χ4n) is 1.39. The summed E-state index contributed by atoms with van der Waals surface area (Å²) >= 11 is 1.15. The van der Waals surface area contributed by atoms with E-state index in [-0.39, 0.29) is 9.92 Å². The van der Waals surface area contributed by atoms with Crippen LogP contribution in [0.1, 0.15) is 11.3 Å². The lowest BCUT2D eigenvalue weighted by atomic mass is 10.3. The molecule has 0 saturated heterocycles. The summed E-state index contributed by atoms with van der Waals surface area (Å²) in [6.07, 6.45) is 1.74. The van der Waals surface area contributed by atoms with Crippen LogP contribution in [0, 0.1) is 10.1 Å². The van der Waals surface area contributed by atoms with E-state index in [0.717, 1.165) is 22.6 Å². The lowest BCUT2D eigenvalue weighted by molar-refractivity contribution is -0.380. The van der Waals surface area contributed by atoms with Gasteiger partial charge < -0.3 is 5.32 Å². The van der Waals surface area contributed by atoms with Crippen LogP contribution in [0.5, 0.6) is 0 Å². The van der Waals surface area contributed by atoms with Crippen molar-refractivity contribution in [2.24, 2.45) is 0 Å². The number of aromatic nitrogens is 1. The van der Waals surface area contributed by atoms with Gasteiger partial charge in [0.1, 0.15) is 0 Å². The van der Waals surface area contributed by atoms with Gasteiger partial charge >= 0.3 is 5.00 Å². The Bertz CT molecular complexity index is 498. The first-order chi connectivity index (χ1) is 8.25. The molecule has 6 heteroatoms. The van der Waals surface area contributed by atoms with E-state index in [0.29, 0.717) is 13.1 Å². The van der Waals surface area contributed by atoms with Crippen LogP contribution in [-0.2, 0) is 13.1 Å². The molecule has 0 saturated carbocycles. The largest absolute Gasteiger partial charge is 0.324 e. The van der Waals surface area contributed by atoms with Crippen molar-refractivity contribution in [3.8, 4) is 0 Å². The van der Waals surface area contributed by atoms with Gasteiger partial charge in [0.05, 0.1) is 10.6 Å². The van der Waals surface area contributed by atoms with Crippen LogP contribution in [0.3, 0.4) is 0 Å². The van der Waals surface area contributed by atoms with Crippen molar-refractivity contribution < 1.29 is 4.92 Å². The Morgan fingerprint density at radius 1 is 1.41 bits per heavy atom. The van der Waals surface area contributed by atoms with Gasteiger partial charge in [-0.2, -0.15) is 0 Å². The van der Waals surface area contributed by atoms with Crippen LogP contribution in [0.25, 0.3) is 0 Å². The third kappa shape index (κ3) is 3.33. The highest BCUT2D eigenvalue weighted by Gasteiger charge is 2.08. The fourth-order valence-corrected chi connectivity index (χ4v) is 2.12. The summed E-state index contributed by atoms with van der Waals surface area (Å²) in [7, 11) is 0. The summed E-state index contributed by atoms with van der Waals surface area (Å²) in [6.45, 7) is 1.27. The van der Waals surface area contributed by atoms with Gasteiger partial charge in [0.15, 0.2) is 0 Å². The van der Waals surface area contributed by atoms with E-state index in [1.54, 1.807) is 17.6 Å². The van der Waals surface area contributed by atoms with Crippen molar-refractivity contribution >= 4 is 16.3 Å². The quantitative estimate of drug-likeness (QED) is 0.652. The lowest BCUT2D eigenvalue weighted by Gasteiger charge is -2.01. The summed E-state index contributed by atoms with van der Waals surface area (Å²) in [5, 5.41) is 15.7. The van der Waals surface area contributed by atoms with Crippen LogP contribution in [-0.4, -0.2) is 9.91 Å². The van der Waals surface area contributed by atoms with E-state index >= 15 is 0 Å². The molecule has 0 radical (unpaired) electrons. The molecule has 0 amide bonds. The minimum atomic E-state index is -0.368. The Kier molecular flexibility index (Phi) is 3.79. The maximum Gasteiger partial charge on any atom is 0.324 e. The number of hydrogen-bond donors (Lipinski definition) is 1. The summed E-state index contributed by atoms with van der Waals surface area (Å²) in [6, 6.07) is 7.32. The molecule has 17 heavy (non-hydrogen) atoms. The Morgan fingerprint density at radius 2 is 2.29 bits per heavy atom. The summed E-state index contributed by atoms with van der Waals surface area (Å²) in [5.74, 6) is 0. The monoisotopic (exact) mass is 249 g/mol. The molecule has 0 aliphatic heterocycles. The standard InChI is InChI=1S/C11H11N3O2S/c15-14(16)11-5-9(8-17-11)6-12-7-10-3-1-2-4-13-10/h1-5,8,12H,6-7H2. The molecule has 2 rings (SSSR count). The highest BCUT2D eigenvalue weighted by molar-refractivity contribution is 7.13. The lowest BCUT2D eigenvalue weighted by Crippen LogP contribution is -2.12. The van der Waals surface area contributed by atoms with Crippen molar-refractivity contribution in [2.45, 2.75) is 13.1 Å². The third-order valence-corrected chi connectivity index (χ3v) is 3.11. The maximum atomic E-state index is 10.5. The Labute approximate surface area is 102 Å². The third-order valence-electron chi connectivity index (χ3n) is 2.18. The SMILES string of the molecule is O=[N+]([O-])c1cc(CNCc2ccccn2)cs1. The fraction of sp³-hybridized carbons (Fsp3) is 0.182. The van der Waals surface area contributed by atoms with Crippen LogP contribution in [0.2, 0.25) is 0 Å².